The van der Waals surface area contributed by atoms with Crippen LogP contribution in [0.15, 0.2) is 30.3 Å². The number of aldehydes is 1. The first-order valence-electron chi connectivity index (χ1n) is 3.99. The van der Waals surface area contributed by atoms with Crippen LogP contribution in [0.2, 0.25) is 0 Å². The minimum Gasteiger partial charge on any atom is -0.476 e. The molecule has 0 aromatic heterocycles. The maximum atomic E-state index is 10.7. The average molecular weight is 224 g/mol. The quantitative estimate of drug-likeness (QED) is 0.432. The van der Waals surface area contributed by atoms with Crippen molar-refractivity contribution in [2.24, 2.45) is 0 Å². The second-order valence-corrected chi connectivity index (χ2v) is 2.46. The standard InChI is InChI=1S/C8H6O3.C2H2O3/c9-7(8(10)11)6-4-2-1-3-5-6;3-1-2(4)5/h1-5H,(H,10,11);1H,(H,4,5). The van der Waals surface area contributed by atoms with Crippen LogP contribution in [0.25, 0.3) is 0 Å². The van der Waals surface area contributed by atoms with Gasteiger partial charge in [-0.2, -0.15) is 0 Å². The Labute approximate surface area is 90.1 Å². The molecule has 6 nitrogen and oxygen atoms in total. The van der Waals surface area contributed by atoms with Crippen LogP contribution in [0.4, 0.5) is 0 Å². The highest BCUT2D eigenvalue weighted by Crippen LogP contribution is 1.98. The molecule has 0 atom stereocenters. The van der Waals surface area contributed by atoms with E-state index in [0.29, 0.717) is 0 Å². The molecule has 0 aliphatic heterocycles. The Kier molecular flexibility index (Phi) is 5.81. The number of aliphatic carboxylic acids is 2. The summed E-state index contributed by atoms with van der Waals surface area (Å²) in [5.74, 6) is -3.72. The molecule has 0 radical (unpaired) electrons. The van der Waals surface area contributed by atoms with Gasteiger partial charge in [-0.3, -0.25) is 9.59 Å². The van der Waals surface area contributed by atoms with E-state index in [4.69, 9.17) is 19.8 Å². The Balaban J connectivity index is 0.000000385. The Morgan fingerprint density at radius 1 is 1.00 bits per heavy atom. The monoisotopic (exact) mass is 224 g/mol. The third kappa shape index (κ3) is 5.28. The molecule has 0 unspecified atom stereocenters. The Bertz CT molecular complexity index is 395. The SMILES string of the molecule is O=C(O)C(=O)c1ccccc1.O=CC(=O)O. The van der Waals surface area contributed by atoms with Crippen molar-refractivity contribution in [3.05, 3.63) is 35.9 Å². The van der Waals surface area contributed by atoms with Gasteiger partial charge in [-0.15, -0.1) is 0 Å². The largest absolute Gasteiger partial charge is 0.476 e. The van der Waals surface area contributed by atoms with Crippen molar-refractivity contribution >= 4 is 24.0 Å². The minimum atomic E-state index is -1.43. The van der Waals surface area contributed by atoms with Gasteiger partial charge in [0.1, 0.15) is 0 Å². The van der Waals surface area contributed by atoms with E-state index < -0.39 is 17.7 Å². The average Bonchev–Trinajstić information content (AvgIpc) is 2.29. The fourth-order valence-electron chi connectivity index (χ4n) is 0.713. The van der Waals surface area contributed by atoms with Crippen LogP contribution < -0.4 is 0 Å². The van der Waals surface area contributed by atoms with Crippen molar-refractivity contribution < 1.29 is 29.4 Å². The molecule has 84 valence electrons. The molecule has 0 saturated heterocycles. The molecule has 0 saturated carbocycles. The van der Waals surface area contributed by atoms with E-state index >= 15 is 0 Å². The normalized spacial score (nSPS) is 8.25. The molecule has 1 aromatic carbocycles. The smallest absolute Gasteiger partial charge is 0.377 e. The van der Waals surface area contributed by atoms with Crippen LogP contribution >= 0.6 is 0 Å². The first-order valence-corrected chi connectivity index (χ1v) is 3.99. The van der Waals surface area contributed by atoms with Gasteiger partial charge in [0.15, 0.2) is 0 Å². The van der Waals surface area contributed by atoms with E-state index in [2.05, 4.69) is 0 Å². The predicted molar refractivity (Wildman–Crippen MR) is 52.1 cm³/mol. The van der Waals surface area contributed by atoms with Gasteiger partial charge in [0.05, 0.1) is 0 Å². The first-order chi connectivity index (χ1) is 7.49. The predicted octanol–water partition coefficient (Wildman–Crippen LogP) is 0.224. The molecule has 0 aliphatic carbocycles. The second-order valence-electron chi connectivity index (χ2n) is 2.46. The maximum Gasteiger partial charge on any atom is 0.377 e. The summed E-state index contributed by atoms with van der Waals surface area (Å²) in [5.41, 5.74) is 0.208. The highest BCUT2D eigenvalue weighted by molar-refractivity contribution is 6.39. The van der Waals surface area contributed by atoms with Crippen molar-refractivity contribution in [2.75, 3.05) is 0 Å². The highest BCUT2D eigenvalue weighted by atomic mass is 16.4. The van der Waals surface area contributed by atoms with Gasteiger partial charge >= 0.3 is 11.9 Å². The van der Waals surface area contributed by atoms with E-state index in [9.17, 15) is 9.59 Å². The van der Waals surface area contributed by atoms with Crippen LogP contribution in [0.5, 0.6) is 0 Å². The van der Waals surface area contributed by atoms with Gasteiger partial charge in [-0.25, -0.2) is 9.59 Å². The summed E-state index contributed by atoms with van der Waals surface area (Å²) < 4.78 is 0. The number of ketones is 1. The lowest BCUT2D eigenvalue weighted by atomic mass is 10.1. The lowest BCUT2D eigenvalue weighted by Gasteiger charge is -1.91. The molecule has 0 heterocycles. The van der Waals surface area contributed by atoms with E-state index in [1.165, 1.54) is 12.1 Å². The zero-order chi connectivity index (χ0) is 12.6. The first kappa shape index (κ1) is 13.5. The summed E-state index contributed by atoms with van der Waals surface area (Å²) in [7, 11) is 0. The molecule has 1 aromatic rings. The number of carboxylic acid groups (broad SMARTS) is 2. The summed E-state index contributed by atoms with van der Waals surface area (Å²) in [6.45, 7) is 0. The number of Topliss-reactive ketones (excluding diaryl/α,β-unsaturated/α-hetero) is 1. The van der Waals surface area contributed by atoms with Crippen LogP contribution in [0.1, 0.15) is 10.4 Å². The number of rotatable bonds is 3. The van der Waals surface area contributed by atoms with Gasteiger partial charge in [0.2, 0.25) is 6.29 Å². The third-order valence-electron chi connectivity index (χ3n) is 1.33. The zero-order valence-electron chi connectivity index (χ0n) is 7.99. The molecule has 0 amide bonds. The molecule has 1 rings (SSSR count). The van der Waals surface area contributed by atoms with Crippen molar-refractivity contribution in [1.29, 1.82) is 0 Å². The number of carboxylic acids is 2. The van der Waals surface area contributed by atoms with Crippen LogP contribution in [-0.2, 0) is 14.4 Å². The summed E-state index contributed by atoms with van der Waals surface area (Å²) in [4.78, 5) is 38.8. The number of carbonyl (C=O) groups is 4. The van der Waals surface area contributed by atoms with Gasteiger partial charge in [-0.1, -0.05) is 30.3 Å². The minimum absolute atomic E-state index is 0.167. The lowest BCUT2D eigenvalue weighted by Crippen LogP contribution is -2.12. The van der Waals surface area contributed by atoms with Gasteiger partial charge < -0.3 is 10.2 Å². The molecule has 6 heteroatoms. The van der Waals surface area contributed by atoms with E-state index in [1.807, 2.05) is 0 Å². The van der Waals surface area contributed by atoms with E-state index in [1.54, 1.807) is 18.2 Å². The fraction of sp³-hybridized carbons (Fsp3) is 0. The number of benzene rings is 1. The fourth-order valence-corrected chi connectivity index (χ4v) is 0.713. The molecule has 0 spiro atoms. The van der Waals surface area contributed by atoms with E-state index in [0.717, 1.165) is 0 Å². The van der Waals surface area contributed by atoms with Gasteiger partial charge in [0, 0.05) is 5.56 Å². The summed E-state index contributed by atoms with van der Waals surface area (Å²) in [5, 5.41) is 15.6. The van der Waals surface area contributed by atoms with Crippen LogP contribution in [-0.4, -0.2) is 34.2 Å². The number of hydrogen-bond acceptors (Lipinski definition) is 4. The van der Waals surface area contributed by atoms with Gasteiger partial charge in [-0.05, 0) is 0 Å². The van der Waals surface area contributed by atoms with E-state index in [-0.39, 0.29) is 11.8 Å². The second kappa shape index (κ2) is 6.88. The maximum absolute atomic E-state index is 10.7. The third-order valence-corrected chi connectivity index (χ3v) is 1.33. The Morgan fingerprint density at radius 2 is 1.44 bits per heavy atom. The van der Waals surface area contributed by atoms with Crippen molar-refractivity contribution in [2.45, 2.75) is 0 Å². The van der Waals surface area contributed by atoms with Crippen LogP contribution in [0.3, 0.4) is 0 Å². The topological polar surface area (TPSA) is 109 Å². The van der Waals surface area contributed by atoms with Crippen molar-refractivity contribution in [3.8, 4) is 0 Å². The molecule has 0 aliphatic rings. The molecule has 0 fully saturated rings. The summed E-state index contributed by atoms with van der Waals surface area (Å²) in [6, 6.07) is 7.90. The molecule has 0 bridgehead atoms. The van der Waals surface area contributed by atoms with Gasteiger partial charge in [0.25, 0.3) is 5.78 Å². The number of hydrogen-bond donors (Lipinski definition) is 2. The Morgan fingerprint density at radius 3 is 1.75 bits per heavy atom. The van der Waals surface area contributed by atoms with Crippen molar-refractivity contribution in [1.82, 2.24) is 0 Å². The molecular weight excluding hydrogens is 216 g/mol. The summed E-state index contributed by atoms with van der Waals surface area (Å²) >= 11 is 0. The molecule has 2 N–H and O–H groups in total. The number of carbonyl (C=O) groups excluding carboxylic acids is 2. The van der Waals surface area contributed by atoms with Crippen molar-refractivity contribution in [3.63, 3.8) is 0 Å². The highest BCUT2D eigenvalue weighted by Gasteiger charge is 2.12. The lowest BCUT2D eigenvalue weighted by molar-refractivity contribution is -0.143. The molecule has 16 heavy (non-hydrogen) atoms. The van der Waals surface area contributed by atoms with Crippen LogP contribution in [0, 0.1) is 0 Å². The Hall–Kier alpha value is -2.50. The molecular formula is C10H8O6. The summed E-state index contributed by atoms with van der Waals surface area (Å²) in [6.07, 6.45) is -0.167. The zero-order valence-corrected chi connectivity index (χ0v) is 7.99.